The third-order valence-electron chi connectivity index (χ3n) is 2.14. The lowest BCUT2D eigenvalue weighted by atomic mass is 10.2. The van der Waals surface area contributed by atoms with Crippen molar-refractivity contribution < 1.29 is 13.5 Å². The molecule has 72 valence electrons. The molecule has 1 saturated heterocycles. The molecule has 1 fully saturated rings. The summed E-state index contributed by atoms with van der Waals surface area (Å²) >= 11 is 0. The summed E-state index contributed by atoms with van der Waals surface area (Å²) in [6.45, 7) is 1.19. The van der Waals surface area contributed by atoms with E-state index in [0.29, 0.717) is 6.54 Å². The number of nitrogens with one attached hydrogen (secondary N) is 1. The molecule has 1 aliphatic heterocycles. The lowest BCUT2D eigenvalue weighted by Gasteiger charge is -2.22. The minimum Gasteiger partial charge on any atom is -0.395 e. The van der Waals surface area contributed by atoms with Gasteiger partial charge >= 0.3 is 0 Å². The smallest absolute Gasteiger partial charge is 0.156 e. The van der Waals surface area contributed by atoms with Crippen molar-refractivity contribution in [3.63, 3.8) is 0 Å². The predicted octanol–water partition coefficient (Wildman–Crippen LogP) is -0.854. The van der Waals surface area contributed by atoms with E-state index in [1.807, 2.05) is 0 Å². The van der Waals surface area contributed by atoms with E-state index in [1.54, 1.807) is 0 Å². The molecule has 0 aliphatic carbocycles. The highest BCUT2D eigenvalue weighted by Crippen LogP contribution is 2.11. The second-order valence-corrected chi connectivity index (χ2v) is 5.46. The Balaban J connectivity index is 2.54. The van der Waals surface area contributed by atoms with Crippen molar-refractivity contribution in [1.29, 1.82) is 0 Å². The molecule has 1 aliphatic rings. The second kappa shape index (κ2) is 4.20. The molecular weight excluding hydrogens is 178 g/mol. The van der Waals surface area contributed by atoms with Crippen molar-refractivity contribution in [3.8, 4) is 0 Å². The number of rotatable bonds is 3. The Labute approximate surface area is 72.9 Å². The van der Waals surface area contributed by atoms with Crippen LogP contribution >= 0.6 is 0 Å². The van der Waals surface area contributed by atoms with Gasteiger partial charge in [0.2, 0.25) is 0 Å². The van der Waals surface area contributed by atoms with Crippen LogP contribution in [-0.2, 0) is 9.84 Å². The van der Waals surface area contributed by atoms with Crippen LogP contribution in [0.3, 0.4) is 0 Å². The van der Waals surface area contributed by atoms with E-state index in [-0.39, 0.29) is 17.6 Å². The van der Waals surface area contributed by atoms with Crippen molar-refractivity contribution in [2.24, 2.45) is 0 Å². The molecule has 4 nitrogen and oxygen atoms in total. The number of aliphatic hydroxyl groups excluding tert-OH is 1. The highest BCUT2D eigenvalue weighted by atomic mass is 32.2. The van der Waals surface area contributed by atoms with Crippen LogP contribution in [0.4, 0.5) is 0 Å². The Morgan fingerprint density at radius 2 is 2.25 bits per heavy atom. The Morgan fingerprint density at radius 3 is 2.75 bits per heavy atom. The molecule has 5 heteroatoms. The van der Waals surface area contributed by atoms with E-state index in [9.17, 15) is 8.42 Å². The lowest BCUT2D eigenvalue weighted by Crippen LogP contribution is -2.40. The largest absolute Gasteiger partial charge is 0.395 e. The van der Waals surface area contributed by atoms with Crippen LogP contribution in [0.2, 0.25) is 0 Å². The van der Waals surface area contributed by atoms with Gasteiger partial charge in [0.1, 0.15) is 0 Å². The Bertz CT molecular complexity index is 219. The Kier molecular flexibility index (Phi) is 3.49. The summed E-state index contributed by atoms with van der Waals surface area (Å²) in [6.07, 6.45) is 1.64. The first kappa shape index (κ1) is 9.95. The van der Waals surface area contributed by atoms with Crippen LogP contribution in [0.25, 0.3) is 0 Å². The first-order chi connectivity index (χ1) is 5.67. The first-order valence-corrected chi connectivity index (χ1v) is 5.91. The number of hydrogen-bond donors (Lipinski definition) is 2. The van der Waals surface area contributed by atoms with E-state index in [2.05, 4.69) is 5.32 Å². The third-order valence-corrected chi connectivity index (χ3v) is 4.31. The Hall–Kier alpha value is -0.130. The summed E-state index contributed by atoms with van der Waals surface area (Å²) in [5.74, 6) is -0.0979. The molecule has 12 heavy (non-hydrogen) atoms. The van der Waals surface area contributed by atoms with E-state index in [1.165, 1.54) is 0 Å². The maximum Gasteiger partial charge on any atom is 0.156 e. The van der Waals surface area contributed by atoms with Crippen LogP contribution in [0, 0.1) is 0 Å². The average Bonchev–Trinajstić information content (AvgIpc) is 2.06. The highest BCUT2D eigenvalue weighted by molar-refractivity contribution is 7.92. The van der Waals surface area contributed by atoms with Crippen molar-refractivity contribution >= 4 is 9.84 Å². The van der Waals surface area contributed by atoms with Crippen LogP contribution < -0.4 is 5.32 Å². The minimum atomic E-state index is -3.05. The second-order valence-electron chi connectivity index (χ2n) is 3.06. The molecule has 0 radical (unpaired) electrons. The van der Waals surface area contributed by atoms with E-state index in [0.717, 1.165) is 19.4 Å². The standard InChI is InChI=1S/C7H15NO3S/c9-4-5-12(10,11)7-2-1-3-8-6-7/h7-9H,1-6H2. The molecule has 1 heterocycles. The molecule has 1 atom stereocenters. The van der Waals surface area contributed by atoms with Crippen molar-refractivity contribution in [2.45, 2.75) is 18.1 Å². The lowest BCUT2D eigenvalue weighted by molar-refractivity contribution is 0.318. The predicted molar refractivity (Wildman–Crippen MR) is 46.8 cm³/mol. The van der Waals surface area contributed by atoms with Gasteiger partial charge in [-0.15, -0.1) is 0 Å². The zero-order chi connectivity index (χ0) is 9.03. The summed E-state index contributed by atoms with van der Waals surface area (Å²) in [5, 5.41) is 11.3. The zero-order valence-corrected chi connectivity index (χ0v) is 7.81. The SMILES string of the molecule is O=S(=O)(CCO)C1CCCNC1. The summed E-state index contributed by atoms with van der Waals surface area (Å²) in [4.78, 5) is 0. The molecule has 1 unspecified atom stereocenters. The summed E-state index contributed by atoms with van der Waals surface area (Å²) in [6, 6.07) is 0. The topological polar surface area (TPSA) is 66.4 Å². The van der Waals surface area contributed by atoms with Gasteiger partial charge in [0, 0.05) is 6.54 Å². The van der Waals surface area contributed by atoms with Gasteiger partial charge in [0.05, 0.1) is 17.6 Å². The zero-order valence-electron chi connectivity index (χ0n) is 6.99. The van der Waals surface area contributed by atoms with Gasteiger partial charge in [0.25, 0.3) is 0 Å². The average molecular weight is 193 g/mol. The number of aliphatic hydroxyl groups is 1. The molecule has 1 rings (SSSR count). The monoisotopic (exact) mass is 193 g/mol. The van der Waals surface area contributed by atoms with Gasteiger partial charge in [-0.2, -0.15) is 0 Å². The van der Waals surface area contributed by atoms with E-state index in [4.69, 9.17) is 5.11 Å². The number of sulfone groups is 1. The minimum absolute atomic E-state index is 0.0979. The molecule has 0 spiro atoms. The normalized spacial score (nSPS) is 25.6. The van der Waals surface area contributed by atoms with Gasteiger partial charge in [-0.25, -0.2) is 8.42 Å². The molecule has 0 aromatic carbocycles. The Morgan fingerprint density at radius 1 is 1.50 bits per heavy atom. The van der Waals surface area contributed by atoms with Gasteiger partial charge in [-0.1, -0.05) is 0 Å². The molecule has 0 aromatic heterocycles. The molecule has 0 saturated carbocycles. The fourth-order valence-corrected chi connectivity index (χ4v) is 2.91. The van der Waals surface area contributed by atoms with Gasteiger partial charge in [-0.05, 0) is 19.4 Å². The quantitative estimate of drug-likeness (QED) is 0.612. The van der Waals surface area contributed by atoms with Crippen LogP contribution in [-0.4, -0.2) is 44.2 Å². The molecule has 0 amide bonds. The van der Waals surface area contributed by atoms with Crippen LogP contribution in [0.1, 0.15) is 12.8 Å². The summed E-state index contributed by atoms with van der Waals surface area (Å²) in [5.41, 5.74) is 0. The fraction of sp³-hybridized carbons (Fsp3) is 1.00. The summed E-state index contributed by atoms with van der Waals surface area (Å²) < 4.78 is 22.8. The molecule has 0 aromatic rings. The number of piperidine rings is 1. The van der Waals surface area contributed by atoms with Gasteiger partial charge in [-0.3, -0.25) is 0 Å². The third kappa shape index (κ3) is 2.43. The van der Waals surface area contributed by atoms with Crippen molar-refractivity contribution in [1.82, 2.24) is 5.32 Å². The first-order valence-electron chi connectivity index (χ1n) is 4.20. The highest BCUT2D eigenvalue weighted by Gasteiger charge is 2.26. The van der Waals surface area contributed by atoms with E-state index >= 15 is 0 Å². The summed E-state index contributed by atoms with van der Waals surface area (Å²) in [7, 11) is -3.05. The van der Waals surface area contributed by atoms with Crippen LogP contribution in [0.5, 0.6) is 0 Å². The van der Waals surface area contributed by atoms with Gasteiger partial charge < -0.3 is 10.4 Å². The maximum absolute atomic E-state index is 11.4. The molecule has 0 bridgehead atoms. The maximum atomic E-state index is 11.4. The number of hydrogen-bond acceptors (Lipinski definition) is 4. The molecule has 2 N–H and O–H groups in total. The molecular formula is C7H15NO3S. The van der Waals surface area contributed by atoms with E-state index < -0.39 is 9.84 Å². The van der Waals surface area contributed by atoms with Crippen LogP contribution in [0.15, 0.2) is 0 Å². The van der Waals surface area contributed by atoms with Crippen molar-refractivity contribution in [2.75, 3.05) is 25.4 Å². The van der Waals surface area contributed by atoms with Crippen molar-refractivity contribution in [3.05, 3.63) is 0 Å². The fourth-order valence-electron chi connectivity index (χ4n) is 1.42. The van der Waals surface area contributed by atoms with Gasteiger partial charge in [0.15, 0.2) is 9.84 Å².